The Balaban J connectivity index is 2.39. The quantitative estimate of drug-likeness (QED) is 0.848. The number of hydrogen-bond donors (Lipinski definition) is 0. The van der Waals surface area contributed by atoms with Crippen molar-refractivity contribution in [3.63, 3.8) is 0 Å². The number of hydrogen-bond acceptors (Lipinski definition) is 2. The van der Waals surface area contributed by atoms with E-state index in [9.17, 15) is 0 Å². The van der Waals surface area contributed by atoms with E-state index in [1.165, 1.54) is 5.56 Å². The molecule has 0 radical (unpaired) electrons. The van der Waals surface area contributed by atoms with Crippen molar-refractivity contribution in [3.05, 3.63) is 45.4 Å². The Labute approximate surface area is 108 Å². The molecule has 16 heavy (non-hydrogen) atoms. The van der Waals surface area contributed by atoms with E-state index < -0.39 is 0 Å². The first kappa shape index (κ1) is 11.6. The second-order valence-corrected chi connectivity index (χ2v) is 4.87. The summed E-state index contributed by atoms with van der Waals surface area (Å²) in [5.41, 5.74) is 1.17. The summed E-state index contributed by atoms with van der Waals surface area (Å²) >= 11 is 9.42. The van der Waals surface area contributed by atoms with Crippen LogP contribution in [0.5, 0.6) is 0 Å². The van der Waals surface area contributed by atoms with Crippen molar-refractivity contribution in [2.75, 3.05) is 0 Å². The summed E-state index contributed by atoms with van der Waals surface area (Å²) in [6.07, 6.45) is 0. The Morgan fingerprint density at radius 1 is 1.25 bits per heavy atom. The first-order valence-electron chi connectivity index (χ1n) is 4.92. The molecule has 1 unspecified atom stereocenters. The van der Waals surface area contributed by atoms with E-state index in [0.29, 0.717) is 5.28 Å². The summed E-state index contributed by atoms with van der Waals surface area (Å²) in [6, 6.07) is 8.28. The van der Waals surface area contributed by atoms with Crippen LogP contribution in [-0.2, 0) is 0 Å². The van der Waals surface area contributed by atoms with Crippen LogP contribution in [-0.4, -0.2) is 14.8 Å². The SMILES string of the molecule is Cc1nnc(Cl)n1C(C)c1ccc(Br)cc1. The molecule has 0 N–H and O–H groups in total. The fourth-order valence-corrected chi connectivity index (χ4v) is 2.24. The highest BCUT2D eigenvalue weighted by Crippen LogP contribution is 2.24. The first-order chi connectivity index (χ1) is 7.59. The Kier molecular flexibility index (Phi) is 3.30. The summed E-state index contributed by atoms with van der Waals surface area (Å²) < 4.78 is 2.97. The van der Waals surface area contributed by atoms with Crippen LogP contribution in [0.2, 0.25) is 5.28 Å². The van der Waals surface area contributed by atoms with Crippen LogP contribution < -0.4 is 0 Å². The van der Waals surface area contributed by atoms with Crippen LogP contribution in [0.4, 0.5) is 0 Å². The lowest BCUT2D eigenvalue weighted by Gasteiger charge is -2.15. The lowest BCUT2D eigenvalue weighted by molar-refractivity contribution is 0.618. The minimum Gasteiger partial charge on any atom is -0.295 e. The Hall–Kier alpha value is -0.870. The van der Waals surface area contributed by atoms with Crippen molar-refractivity contribution >= 4 is 27.5 Å². The fourth-order valence-electron chi connectivity index (χ4n) is 1.67. The Morgan fingerprint density at radius 3 is 2.38 bits per heavy atom. The predicted octanol–water partition coefficient (Wildman–Crippen LogP) is 3.61. The molecule has 0 bridgehead atoms. The van der Waals surface area contributed by atoms with E-state index in [1.54, 1.807) is 0 Å². The predicted molar refractivity (Wildman–Crippen MR) is 67.7 cm³/mol. The van der Waals surface area contributed by atoms with Crippen LogP contribution in [0.3, 0.4) is 0 Å². The molecule has 1 atom stereocenters. The zero-order valence-electron chi connectivity index (χ0n) is 8.98. The minimum atomic E-state index is 0.135. The summed E-state index contributed by atoms with van der Waals surface area (Å²) in [4.78, 5) is 0. The fraction of sp³-hybridized carbons (Fsp3) is 0.273. The summed E-state index contributed by atoms with van der Waals surface area (Å²) in [5.74, 6) is 0.820. The molecule has 0 saturated heterocycles. The van der Waals surface area contributed by atoms with E-state index >= 15 is 0 Å². The van der Waals surface area contributed by atoms with Gasteiger partial charge < -0.3 is 0 Å². The van der Waals surface area contributed by atoms with Crippen molar-refractivity contribution in [1.29, 1.82) is 0 Å². The number of nitrogens with zero attached hydrogens (tertiary/aromatic N) is 3. The Bertz CT molecular complexity index is 473. The molecule has 1 aromatic carbocycles. The molecule has 2 aromatic rings. The van der Waals surface area contributed by atoms with Gasteiger partial charge in [0.05, 0.1) is 6.04 Å². The topological polar surface area (TPSA) is 30.7 Å². The molecule has 1 heterocycles. The summed E-state index contributed by atoms with van der Waals surface area (Å²) in [6.45, 7) is 3.97. The van der Waals surface area contributed by atoms with Crippen molar-refractivity contribution in [2.24, 2.45) is 0 Å². The van der Waals surface area contributed by atoms with Gasteiger partial charge in [-0.25, -0.2) is 0 Å². The van der Waals surface area contributed by atoms with Gasteiger partial charge in [0.15, 0.2) is 0 Å². The van der Waals surface area contributed by atoms with Gasteiger partial charge in [-0.3, -0.25) is 4.57 Å². The van der Waals surface area contributed by atoms with Gasteiger partial charge in [-0.2, -0.15) is 0 Å². The highest BCUT2D eigenvalue weighted by atomic mass is 79.9. The molecule has 0 aliphatic carbocycles. The van der Waals surface area contributed by atoms with Gasteiger partial charge in [-0.15, -0.1) is 10.2 Å². The molecule has 1 aromatic heterocycles. The van der Waals surface area contributed by atoms with E-state index in [2.05, 4.69) is 45.2 Å². The van der Waals surface area contributed by atoms with E-state index in [-0.39, 0.29) is 6.04 Å². The van der Waals surface area contributed by atoms with Crippen LogP contribution in [0, 0.1) is 6.92 Å². The van der Waals surface area contributed by atoms with Crippen molar-refractivity contribution in [2.45, 2.75) is 19.9 Å². The van der Waals surface area contributed by atoms with Crippen LogP contribution >= 0.6 is 27.5 Å². The van der Waals surface area contributed by atoms with Gasteiger partial charge in [0, 0.05) is 4.47 Å². The molecule has 2 rings (SSSR count). The maximum atomic E-state index is 6.00. The van der Waals surface area contributed by atoms with Crippen LogP contribution in [0.15, 0.2) is 28.7 Å². The van der Waals surface area contributed by atoms with Crippen molar-refractivity contribution in [1.82, 2.24) is 14.8 Å². The lowest BCUT2D eigenvalue weighted by atomic mass is 10.1. The lowest BCUT2D eigenvalue weighted by Crippen LogP contribution is -2.08. The highest BCUT2D eigenvalue weighted by molar-refractivity contribution is 9.10. The Morgan fingerprint density at radius 2 is 1.88 bits per heavy atom. The molecule has 84 valence electrons. The maximum absolute atomic E-state index is 6.00. The smallest absolute Gasteiger partial charge is 0.225 e. The van der Waals surface area contributed by atoms with Gasteiger partial charge >= 0.3 is 0 Å². The van der Waals surface area contributed by atoms with Gasteiger partial charge in [-0.05, 0) is 43.1 Å². The number of halogens is 2. The monoisotopic (exact) mass is 299 g/mol. The van der Waals surface area contributed by atoms with Gasteiger partial charge in [-0.1, -0.05) is 28.1 Å². The number of aromatic nitrogens is 3. The first-order valence-corrected chi connectivity index (χ1v) is 6.09. The van der Waals surface area contributed by atoms with Crippen LogP contribution in [0.1, 0.15) is 24.4 Å². The number of rotatable bonds is 2. The van der Waals surface area contributed by atoms with Crippen LogP contribution in [0.25, 0.3) is 0 Å². The molecular weight excluding hydrogens is 289 g/mol. The highest BCUT2D eigenvalue weighted by Gasteiger charge is 2.14. The normalized spacial score (nSPS) is 12.8. The van der Waals surface area contributed by atoms with Gasteiger partial charge in [0.25, 0.3) is 0 Å². The third-order valence-corrected chi connectivity index (χ3v) is 3.35. The maximum Gasteiger partial charge on any atom is 0.225 e. The minimum absolute atomic E-state index is 0.135. The number of benzene rings is 1. The van der Waals surface area contributed by atoms with E-state index in [1.807, 2.05) is 23.6 Å². The van der Waals surface area contributed by atoms with E-state index in [0.717, 1.165) is 10.3 Å². The average molecular weight is 301 g/mol. The molecule has 0 fully saturated rings. The molecule has 5 heteroatoms. The molecule has 0 saturated carbocycles. The summed E-state index contributed by atoms with van der Waals surface area (Å²) in [5, 5.41) is 8.23. The second-order valence-electron chi connectivity index (χ2n) is 3.61. The molecule has 0 amide bonds. The van der Waals surface area contributed by atoms with E-state index in [4.69, 9.17) is 11.6 Å². The van der Waals surface area contributed by atoms with Crippen molar-refractivity contribution in [3.8, 4) is 0 Å². The molecular formula is C11H11BrClN3. The largest absolute Gasteiger partial charge is 0.295 e. The molecule has 0 aliphatic heterocycles. The standard InChI is InChI=1S/C11H11BrClN3/c1-7(9-3-5-10(12)6-4-9)16-8(2)14-15-11(16)13/h3-7H,1-2H3. The van der Waals surface area contributed by atoms with Gasteiger partial charge in [0.2, 0.25) is 5.28 Å². The zero-order chi connectivity index (χ0) is 11.7. The zero-order valence-corrected chi connectivity index (χ0v) is 11.3. The van der Waals surface area contributed by atoms with Gasteiger partial charge in [0.1, 0.15) is 5.82 Å². The summed E-state index contributed by atoms with van der Waals surface area (Å²) in [7, 11) is 0. The third kappa shape index (κ3) is 2.13. The molecule has 0 spiro atoms. The number of aryl methyl sites for hydroxylation is 1. The molecule has 3 nitrogen and oxygen atoms in total. The average Bonchev–Trinajstić information content (AvgIpc) is 2.59. The second kappa shape index (κ2) is 4.55. The molecule has 0 aliphatic rings. The third-order valence-electron chi connectivity index (χ3n) is 2.56. The van der Waals surface area contributed by atoms with Crippen molar-refractivity contribution < 1.29 is 0 Å².